The van der Waals surface area contributed by atoms with E-state index >= 15 is 0 Å². The molecule has 2 aromatic heterocycles. The zero-order chi connectivity index (χ0) is 18.8. The second-order valence-electron chi connectivity index (χ2n) is 6.33. The second kappa shape index (κ2) is 6.99. The number of fused-ring (bicyclic) bond motifs is 1. The van der Waals surface area contributed by atoms with Gasteiger partial charge < -0.3 is 9.88 Å². The highest BCUT2D eigenvalue weighted by Crippen LogP contribution is 2.10. The van der Waals surface area contributed by atoms with Crippen molar-refractivity contribution in [3.05, 3.63) is 57.0 Å². The van der Waals surface area contributed by atoms with Crippen LogP contribution in [0.25, 0.3) is 11.2 Å². The summed E-state index contributed by atoms with van der Waals surface area (Å²) in [6, 6.07) is 7.60. The number of carbonyl (C=O) groups excluding carboxylic acids is 1. The van der Waals surface area contributed by atoms with E-state index in [4.69, 9.17) is 0 Å². The van der Waals surface area contributed by atoms with Crippen LogP contribution in [0.3, 0.4) is 0 Å². The molecule has 0 bridgehead atoms. The Morgan fingerprint density at radius 2 is 1.81 bits per heavy atom. The van der Waals surface area contributed by atoms with Crippen molar-refractivity contribution in [1.82, 2.24) is 18.7 Å². The van der Waals surface area contributed by atoms with Crippen LogP contribution in [0.4, 0.5) is 5.69 Å². The zero-order valence-electron chi connectivity index (χ0n) is 15.0. The molecule has 0 saturated heterocycles. The standard InChI is InChI=1S/C18H21N5O3/c1-12-6-8-13(9-7-12)20-14(24)5-4-10-23-11-19-16-15(23)17(25)22(3)18(26)21(16)2/h6-9,11H,4-5,10H2,1-3H3,(H,20,24). The zero-order valence-corrected chi connectivity index (χ0v) is 15.0. The van der Waals surface area contributed by atoms with Gasteiger partial charge in [0.15, 0.2) is 11.2 Å². The molecule has 0 radical (unpaired) electrons. The number of rotatable bonds is 5. The molecule has 1 N–H and O–H groups in total. The van der Waals surface area contributed by atoms with Gasteiger partial charge in [-0.15, -0.1) is 0 Å². The van der Waals surface area contributed by atoms with Gasteiger partial charge in [0.25, 0.3) is 5.56 Å². The smallest absolute Gasteiger partial charge is 0.326 e. The Labute approximate surface area is 149 Å². The van der Waals surface area contributed by atoms with Crippen molar-refractivity contribution in [2.45, 2.75) is 26.3 Å². The van der Waals surface area contributed by atoms with E-state index in [1.165, 1.54) is 17.9 Å². The quantitative estimate of drug-likeness (QED) is 0.743. The molecule has 0 aliphatic heterocycles. The highest BCUT2D eigenvalue weighted by Gasteiger charge is 2.14. The van der Waals surface area contributed by atoms with Gasteiger partial charge in [0.1, 0.15) is 0 Å². The van der Waals surface area contributed by atoms with Crippen molar-refractivity contribution in [2.24, 2.45) is 14.1 Å². The number of anilines is 1. The Bertz CT molecular complexity index is 1070. The molecule has 0 unspecified atom stereocenters. The number of hydrogen-bond acceptors (Lipinski definition) is 4. The van der Waals surface area contributed by atoms with E-state index in [9.17, 15) is 14.4 Å². The topological polar surface area (TPSA) is 90.9 Å². The summed E-state index contributed by atoms with van der Waals surface area (Å²) < 4.78 is 4.10. The van der Waals surface area contributed by atoms with Crippen LogP contribution in [0, 0.1) is 6.92 Å². The van der Waals surface area contributed by atoms with Crippen molar-refractivity contribution in [2.75, 3.05) is 5.32 Å². The molecular formula is C18H21N5O3. The van der Waals surface area contributed by atoms with Crippen molar-refractivity contribution in [3.8, 4) is 0 Å². The number of aryl methyl sites for hydroxylation is 3. The van der Waals surface area contributed by atoms with E-state index in [0.717, 1.165) is 15.8 Å². The van der Waals surface area contributed by atoms with Crippen molar-refractivity contribution < 1.29 is 4.79 Å². The molecule has 2 heterocycles. The fourth-order valence-electron chi connectivity index (χ4n) is 2.84. The van der Waals surface area contributed by atoms with Crippen LogP contribution >= 0.6 is 0 Å². The first-order valence-corrected chi connectivity index (χ1v) is 8.36. The summed E-state index contributed by atoms with van der Waals surface area (Å²) in [4.78, 5) is 40.5. The number of nitrogens with zero attached hydrogens (tertiary/aromatic N) is 4. The average Bonchev–Trinajstić information content (AvgIpc) is 3.04. The monoisotopic (exact) mass is 355 g/mol. The summed E-state index contributed by atoms with van der Waals surface area (Å²) in [6.07, 6.45) is 2.40. The summed E-state index contributed by atoms with van der Waals surface area (Å²) in [5.74, 6) is -0.0847. The highest BCUT2D eigenvalue weighted by molar-refractivity contribution is 5.90. The predicted molar refractivity (Wildman–Crippen MR) is 99.3 cm³/mol. The molecule has 3 rings (SSSR count). The predicted octanol–water partition coefficient (Wildman–Crippen LogP) is 1.16. The number of amides is 1. The van der Waals surface area contributed by atoms with Crippen molar-refractivity contribution in [3.63, 3.8) is 0 Å². The van der Waals surface area contributed by atoms with Crippen LogP contribution in [0.5, 0.6) is 0 Å². The maximum absolute atomic E-state index is 12.4. The largest absolute Gasteiger partial charge is 0.332 e. The number of nitrogens with one attached hydrogen (secondary N) is 1. The number of benzene rings is 1. The number of hydrogen-bond donors (Lipinski definition) is 1. The van der Waals surface area contributed by atoms with Gasteiger partial charge in [-0.1, -0.05) is 17.7 Å². The molecule has 8 heteroatoms. The molecule has 0 fully saturated rings. The molecule has 26 heavy (non-hydrogen) atoms. The molecule has 0 spiro atoms. The summed E-state index contributed by atoms with van der Waals surface area (Å²) in [7, 11) is 3.02. The van der Waals surface area contributed by atoms with Crippen LogP contribution < -0.4 is 16.6 Å². The lowest BCUT2D eigenvalue weighted by molar-refractivity contribution is -0.116. The van der Waals surface area contributed by atoms with E-state index < -0.39 is 5.69 Å². The Kier molecular flexibility index (Phi) is 4.75. The Morgan fingerprint density at radius 1 is 1.12 bits per heavy atom. The van der Waals surface area contributed by atoms with Gasteiger partial charge in [-0.2, -0.15) is 0 Å². The van der Waals surface area contributed by atoms with E-state index in [0.29, 0.717) is 30.6 Å². The molecule has 1 amide bonds. The number of carbonyl (C=O) groups is 1. The van der Waals surface area contributed by atoms with Crippen LogP contribution in [0.2, 0.25) is 0 Å². The van der Waals surface area contributed by atoms with Crippen LogP contribution in [0.1, 0.15) is 18.4 Å². The van der Waals surface area contributed by atoms with Crippen LogP contribution in [-0.4, -0.2) is 24.6 Å². The lowest BCUT2D eigenvalue weighted by atomic mass is 10.2. The lowest BCUT2D eigenvalue weighted by Crippen LogP contribution is -2.37. The maximum atomic E-state index is 12.4. The molecule has 0 saturated carbocycles. The molecule has 0 aliphatic rings. The van der Waals surface area contributed by atoms with Crippen molar-refractivity contribution >= 4 is 22.8 Å². The Hall–Kier alpha value is -3.16. The van der Waals surface area contributed by atoms with Gasteiger partial charge in [-0.05, 0) is 25.5 Å². The third kappa shape index (κ3) is 3.30. The van der Waals surface area contributed by atoms with E-state index in [2.05, 4.69) is 10.3 Å². The van der Waals surface area contributed by atoms with E-state index in [-0.39, 0.29) is 11.5 Å². The van der Waals surface area contributed by atoms with Gasteiger partial charge in [0.05, 0.1) is 6.33 Å². The molecule has 136 valence electrons. The summed E-state index contributed by atoms with van der Waals surface area (Å²) in [5.41, 5.74) is 1.81. The summed E-state index contributed by atoms with van der Waals surface area (Å²) in [5, 5.41) is 2.85. The third-order valence-electron chi connectivity index (χ3n) is 4.36. The molecule has 0 aliphatic carbocycles. The number of aromatic nitrogens is 4. The molecule has 0 atom stereocenters. The fraction of sp³-hybridized carbons (Fsp3) is 0.333. The van der Waals surface area contributed by atoms with E-state index in [1.807, 2.05) is 31.2 Å². The fourth-order valence-corrected chi connectivity index (χ4v) is 2.84. The van der Waals surface area contributed by atoms with Gasteiger partial charge in [0.2, 0.25) is 5.91 Å². The van der Waals surface area contributed by atoms with Gasteiger partial charge >= 0.3 is 5.69 Å². The first-order chi connectivity index (χ1) is 12.4. The molecule has 1 aromatic carbocycles. The molecular weight excluding hydrogens is 334 g/mol. The van der Waals surface area contributed by atoms with Crippen LogP contribution in [-0.2, 0) is 25.4 Å². The first kappa shape index (κ1) is 17.7. The highest BCUT2D eigenvalue weighted by atomic mass is 16.2. The lowest BCUT2D eigenvalue weighted by Gasteiger charge is -2.08. The minimum Gasteiger partial charge on any atom is -0.326 e. The van der Waals surface area contributed by atoms with Gasteiger partial charge in [-0.25, -0.2) is 9.78 Å². The second-order valence-corrected chi connectivity index (χ2v) is 6.33. The third-order valence-corrected chi connectivity index (χ3v) is 4.36. The normalized spacial score (nSPS) is 11.0. The summed E-state index contributed by atoms with van der Waals surface area (Å²) in [6.45, 7) is 2.45. The average molecular weight is 355 g/mol. The van der Waals surface area contributed by atoms with Crippen molar-refractivity contribution in [1.29, 1.82) is 0 Å². The minimum atomic E-state index is -0.412. The Morgan fingerprint density at radius 3 is 2.50 bits per heavy atom. The van der Waals surface area contributed by atoms with Gasteiger partial charge in [-0.3, -0.25) is 18.7 Å². The Balaban J connectivity index is 1.69. The molecule has 8 nitrogen and oxygen atoms in total. The number of imidazole rings is 1. The summed E-state index contributed by atoms with van der Waals surface area (Å²) >= 11 is 0. The first-order valence-electron chi connectivity index (χ1n) is 8.36. The van der Waals surface area contributed by atoms with Crippen LogP contribution in [0.15, 0.2) is 40.2 Å². The minimum absolute atomic E-state index is 0.0847. The SMILES string of the molecule is Cc1ccc(NC(=O)CCCn2cnc3c2c(=O)n(C)c(=O)n3C)cc1. The van der Waals surface area contributed by atoms with Gasteiger partial charge in [0, 0.05) is 32.7 Å². The molecule has 3 aromatic rings. The van der Waals surface area contributed by atoms with E-state index in [1.54, 1.807) is 11.6 Å². The maximum Gasteiger partial charge on any atom is 0.332 e.